The zero-order valence-corrected chi connectivity index (χ0v) is 30.4. The number of likely N-dealkylation sites (tertiary alicyclic amines) is 2. The van der Waals surface area contributed by atoms with Crippen molar-refractivity contribution in [3.8, 4) is 11.5 Å². The van der Waals surface area contributed by atoms with Gasteiger partial charge in [0.2, 0.25) is 11.6 Å². The zero-order valence-electron chi connectivity index (χ0n) is 30.4. The molecule has 0 aliphatic carbocycles. The molecule has 0 spiro atoms. The van der Waals surface area contributed by atoms with Crippen molar-refractivity contribution < 1.29 is 46.2 Å². The van der Waals surface area contributed by atoms with E-state index < -0.39 is 46.8 Å². The smallest absolute Gasteiger partial charge is 0.426 e. The molecule has 0 aromatic heterocycles. The number of ether oxygens (including phenoxy) is 3. The van der Waals surface area contributed by atoms with Crippen LogP contribution in [0.15, 0.2) is 42.5 Å². The molecular formula is C37H50F4N4O6. The molecular weight excluding hydrogens is 672 g/mol. The highest BCUT2D eigenvalue weighted by molar-refractivity contribution is 5.87. The van der Waals surface area contributed by atoms with Crippen molar-refractivity contribution in [1.82, 2.24) is 20.7 Å². The first-order valence-corrected chi connectivity index (χ1v) is 17.2. The summed E-state index contributed by atoms with van der Waals surface area (Å²) in [5.74, 6) is -1.38. The molecule has 2 atom stereocenters. The maximum Gasteiger partial charge on any atom is 0.426 e. The van der Waals surface area contributed by atoms with Gasteiger partial charge < -0.3 is 19.1 Å². The summed E-state index contributed by atoms with van der Waals surface area (Å²) in [6.07, 6.45) is -4.54. The zero-order chi connectivity index (χ0) is 37.8. The highest BCUT2D eigenvalue weighted by Crippen LogP contribution is 2.45. The summed E-state index contributed by atoms with van der Waals surface area (Å²) in [6, 6.07) is 10.5. The van der Waals surface area contributed by atoms with Gasteiger partial charge in [-0.15, -0.1) is 0 Å². The van der Waals surface area contributed by atoms with Crippen molar-refractivity contribution in [3.63, 3.8) is 0 Å². The number of nitrogens with one attached hydrogen (secondary N) is 2. The van der Waals surface area contributed by atoms with Crippen LogP contribution in [0.5, 0.6) is 11.5 Å². The number of amides is 3. The molecule has 2 N–H and O–H groups in total. The fourth-order valence-corrected chi connectivity index (χ4v) is 6.48. The van der Waals surface area contributed by atoms with Crippen LogP contribution >= 0.6 is 0 Å². The molecule has 2 fully saturated rings. The number of hydrazine groups is 1. The summed E-state index contributed by atoms with van der Waals surface area (Å²) in [4.78, 5) is 41.5. The highest BCUT2D eigenvalue weighted by atomic mass is 19.4. The van der Waals surface area contributed by atoms with Crippen LogP contribution in [0.25, 0.3) is 0 Å². The van der Waals surface area contributed by atoms with Gasteiger partial charge in [0, 0.05) is 44.1 Å². The van der Waals surface area contributed by atoms with Gasteiger partial charge in [0.15, 0.2) is 0 Å². The van der Waals surface area contributed by atoms with E-state index in [2.05, 4.69) is 10.9 Å². The maximum atomic E-state index is 17.2. The molecule has 0 saturated carbocycles. The lowest BCUT2D eigenvalue weighted by molar-refractivity contribution is -0.145. The first-order chi connectivity index (χ1) is 23.7. The van der Waals surface area contributed by atoms with Crippen molar-refractivity contribution in [2.24, 2.45) is 0 Å². The van der Waals surface area contributed by atoms with E-state index in [1.807, 2.05) is 25.7 Å². The van der Waals surface area contributed by atoms with Crippen molar-refractivity contribution in [3.05, 3.63) is 59.2 Å². The van der Waals surface area contributed by atoms with Gasteiger partial charge in [0.05, 0.1) is 19.3 Å². The van der Waals surface area contributed by atoms with Crippen LogP contribution < -0.4 is 20.3 Å². The normalized spacial score (nSPS) is 20.5. The first-order valence-electron chi connectivity index (χ1n) is 17.2. The molecule has 3 amide bonds. The quantitative estimate of drug-likeness (QED) is 0.168. The van der Waals surface area contributed by atoms with Gasteiger partial charge in [-0.1, -0.05) is 18.2 Å². The molecule has 4 rings (SSSR count). The summed E-state index contributed by atoms with van der Waals surface area (Å²) in [6.45, 7) is 11.7. The number of carbonyl (C=O) groups is 3. The standard InChI is InChI=1S/C37H50F4N4O6/c1-34(2,3)45-22-29(25-10-13-27(49-7)14-11-25)36(38,23-45)32(47)44-18-16-24(17-19-44)28-15-12-26(37(39,40)41)21-30(28)50-20-8-9-31(46)42-43-33(48)51-35(4,5)6/h10-15,21,24,29H,8-9,16-20,22-23H2,1-7H3,(H,42,46)(H,43,48)/t29-,36-/m0/s1. The van der Waals surface area contributed by atoms with Gasteiger partial charge in [0.25, 0.3) is 5.91 Å². The molecule has 2 aromatic rings. The Balaban J connectivity index is 1.42. The van der Waals surface area contributed by atoms with E-state index in [0.717, 1.165) is 12.1 Å². The lowest BCUT2D eigenvalue weighted by Crippen LogP contribution is -2.53. The van der Waals surface area contributed by atoms with Gasteiger partial charge >= 0.3 is 12.3 Å². The SMILES string of the molecule is COc1ccc([C@@H]2CN(C(C)(C)C)C[C@@]2(F)C(=O)N2CCC(c3ccc(C(F)(F)F)cc3OCCCC(=O)NNC(=O)OC(C)(C)C)CC2)cc1. The number of halogens is 4. The number of nitrogens with zero attached hydrogens (tertiary/aromatic N) is 2. The molecule has 2 aliphatic heterocycles. The van der Waals surface area contributed by atoms with Crippen LogP contribution in [0.4, 0.5) is 22.4 Å². The largest absolute Gasteiger partial charge is 0.497 e. The Morgan fingerprint density at radius 2 is 1.59 bits per heavy atom. The van der Waals surface area contributed by atoms with Crippen molar-refractivity contribution in [1.29, 1.82) is 0 Å². The van der Waals surface area contributed by atoms with E-state index >= 15 is 4.39 Å². The third-order valence-corrected chi connectivity index (χ3v) is 9.27. The molecule has 2 saturated heterocycles. The van der Waals surface area contributed by atoms with E-state index in [4.69, 9.17) is 14.2 Å². The van der Waals surface area contributed by atoms with Crippen LogP contribution in [0, 0.1) is 0 Å². The third-order valence-electron chi connectivity index (χ3n) is 9.27. The van der Waals surface area contributed by atoms with Crippen LogP contribution in [-0.4, -0.2) is 84.4 Å². The summed E-state index contributed by atoms with van der Waals surface area (Å²) < 4.78 is 74.3. The molecule has 51 heavy (non-hydrogen) atoms. The van der Waals surface area contributed by atoms with Gasteiger partial charge in [-0.25, -0.2) is 14.6 Å². The number of benzene rings is 2. The summed E-state index contributed by atoms with van der Waals surface area (Å²) in [5.41, 5.74) is 1.46. The van der Waals surface area contributed by atoms with Crippen molar-refractivity contribution >= 4 is 17.9 Å². The predicted molar refractivity (Wildman–Crippen MR) is 183 cm³/mol. The lowest BCUT2D eigenvalue weighted by Gasteiger charge is -2.38. The number of rotatable bonds is 9. The molecule has 0 bridgehead atoms. The second-order valence-electron chi connectivity index (χ2n) is 15.2. The monoisotopic (exact) mass is 722 g/mol. The van der Waals surface area contributed by atoms with Crippen molar-refractivity contribution in [2.45, 2.75) is 102 Å². The Morgan fingerprint density at radius 1 is 0.941 bits per heavy atom. The second-order valence-corrected chi connectivity index (χ2v) is 15.2. The summed E-state index contributed by atoms with van der Waals surface area (Å²) in [5, 5.41) is 0. The minimum absolute atomic E-state index is 0.0417. The van der Waals surface area contributed by atoms with E-state index in [0.29, 0.717) is 36.3 Å². The molecule has 0 radical (unpaired) electrons. The number of hydrogen-bond acceptors (Lipinski definition) is 7. The molecule has 2 aliphatic rings. The fourth-order valence-electron chi connectivity index (χ4n) is 6.48. The second kappa shape index (κ2) is 15.7. The minimum atomic E-state index is -4.60. The minimum Gasteiger partial charge on any atom is -0.497 e. The van der Waals surface area contributed by atoms with E-state index in [1.54, 1.807) is 52.1 Å². The fraction of sp³-hybridized carbons (Fsp3) is 0.595. The Morgan fingerprint density at radius 3 is 2.16 bits per heavy atom. The predicted octanol–water partition coefficient (Wildman–Crippen LogP) is 6.74. The summed E-state index contributed by atoms with van der Waals surface area (Å²) in [7, 11) is 1.55. The van der Waals surface area contributed by atoms with Crippen molar-refractivity contribution in [2.75, 3.05) is 39.9 Å². The summed E-state index contributed by atoms with van der Waals surface area (Å²) >= 11 is 0. The highest BCUT2D eigenvalue weighted by Gasteiger charge is 2.57. The van der Waals surface area contributed by atoms with Gasteiger partial charge in [0.1, 0.15) is 17.1 Å². The van der Waals surface area contributed by atoms with Gasteiger partial charge in [-0.05, 0) is 102 Å². The molecule has 14 heteroatoms. The van der Waals surface area contributed by atoms with E-state index in [1.165, 1.54) is 11.0 Å². The molecule has 282 valence electrons. The lowest BCUT2D eigenvalue weighted by atomic mass is 9.83. The van der Waals surface area contributed by atoms with Gasteiger partial charge in [-0.3, -0.25) is 19.9 Å². The number of methoxy groups -OCH3 is 1. The first kappa shape index (κ1) is 39.7. The molecule has 2 heterocycles. The third kappa shape index (κ3) is 10.3. The van der Waals surface area contributed by atoms with E-state index in [9.17, 15) is 27.6 Å². The van der Waals surface area contributed by atoms with Crippen LogP contribution in [0.3, 0.4) is 0 Å². The molecule has 0 unspecified atom stereocenters. The van der Waals surface area contributed by atoms with Crippen LogP contribution in [-0.2, 0) is 20.5 Å². The van der Waals surface area contributed by atoms with Gasteiger partial charge in [-0.2, -0.15) is 13.2 Å². The molecule has 2 aromatic carbocycles. The topological polar surface area (TPSA) is 109 Å². The van der Waals surface area contributed by atoms with Crippen LogP contribution in [0.2, 0.25) is 0 Å². The average Bonchev–Trinajstić information content (AvgIpc) is 3.43. The maximum absolute atomic E-state index is 17.2. The number of hydrogen-bond donors (Lipinski definition) is 2. The molecule has 10 nitrogen and oxygen atoms in total. The number of alkyl halides is 4. The Labute approximate surface area is 297 Å². The Bertz CT molecular complexity index is 1530. The average molecular weight is 723 g/mol. The number of piperidine rings is 1. The Hall–Kier alpha value is -4.07. The van der Waals surface area contributed by atoms with Crippen LogP contribution in [0.1, 0.15) is 95.8 Å². The Kier molecular flexibility index (Phi) is 12.2. The number of carbonyl (C=O) groups excluding carboxylic acids is 3. The van der Waals surface area contributed by atoms with E-state index in [-0.39, 0.29) is 56.3 Å².